The normalized spacial score (nSPS) is 38.6. The van der Waals surface area contributed by atoms with Gasteiger partial charge in [0.1, 0.15) is 0 Å². The molecule has 5 rings (SSSR count). The van der Waals surface area contributed by atoms with E-state index in [1.165, 1.54) is 5.56 Å². The number of ketones is 2. The molecule has 0 aromatic heterocycles. The summed E-state index contributed by atoms with van der Waals surface area (Å²) in [6, 6.07) is 8.32. The van der Waals surface area contributed by atoms with Crippen molar-refractivity contribution in [3.05, 3.63) is 64.2 Å². The van der Waals surface area contributed by atoms with Crippen LogP contribution in [0.25, 0.3) is 6.08 Å². The molecule has 4 aliphatic carbocycles. The van der Waals surface area contributed by atoms with Crippen LogP contribution in [0, 0.1) is 41.4 Å². The Labute approximate surface area is 196 Å². The highest BCUT2D eigenvalue weighted by Gasteiger charge is 2.59. The minimum atomic E-state index is -0.108. The molecule has 3 heteroatoms. The van der Waals surface area contributed by atoms with Crippen LogP contribution in [0.5, 0.6) is 0 Å². The first-order chi connectivity index (χ1) is 15.2. The van der Waals surface area contributed by atoms with Gasteiger partial charge >= 0.3 is 0 Å². The Morgan fingerprint density at radius 2 is 1.81 bits per heavy atom. The van der Waals surface area contributed by atoms with Crippen LogP contribution < -0.4 is 0 Å². The Kier molecular flexibility index (Phi) is 5.36. The lowest BCUT2D eigenvalue weighted by atomic mass is 9.47. The van der Waals surface area contributed by atoms with Gasteiger partial charge in [-0.15, -0.1) is 0 Å². The van der Waals surface area contributed by atoms with Crippen molar-refractivity contribution in [3.63, 3.8) is 0 Å². The van der Waals surface area contributed by atoms with E-state index in [9.17, 15) is 9.59 Å². The topological polar surface area (TPSA) is 34.1 Å². The molecular weight excluding hydrogens is 416 g/mol. The Hall–Kier alpha value is -1.93. The SMILES string of the molecule is Cc1ccc(/C=C/C(=O)[C@H]2CC[C@H]3[C@@H]4CCC5=C(Cl)C(=O)C=C[C@]5(C)[C@H]4CC[C@]23C)cc1. The molecule has 2 nitrogen and oxygen atoms in total. The van der Waals surface area contributed by atoms with Gasteiger partial charge in [0, 0.05) is 11.3 Å². The molecule has 1 aromatic carbocycles. The highest BCUT2D eigenvalue weighted by molar-refractivity contribution is 6.45. The van der Waals surface area contributed by atoms with Crippen molar-refractivity contribution in [1.29, 1.82) is 0 Å². The molecule has 0 spiro atoms. The van der Waals surface area contributed by atoms with Crippen molar-refractivity contribution >= 4 is 29.2 Å². The molecule has 3 fully saturated rings. The zero-order valence-electron chi connectivity index (χ0n) is 19.4. The van der Waals surface area contributed by atoms with E-state index in [4.69, 9.17) is 11.6 Å². The van der Waals surface area contributed by atoms with E-state index in [0.717, 1.165) is 49.7 Å². The van der Waals surface area contributed by atoms with Gasteiger partial charge < -0.3 is 0 Å². The Bertz CT molecular complexity index is 1050. The Morgan fingerprint density at radius 3 is 2.56 bits per heavy atom. The largest absolute Gasteiger partial charge is 0.295 e. The fraction of sp³-hybridized carbons (Fsp3) is 0.517. The number of aryl methyl sites for hydroxylation is 1. The predicted octanol–water partition coefficient (Wildman–Crippen LogP) is 7.07. The summed E-state index contributed by atoms with van der Waals surface area (Å²) in [5.41, 5.74) is 3.44. The lowest BCUT2D eigenvalue weighted by molar-refractivity contribution is -0.124. The Balaban J connectivity index is 1.37. The molecule has 0 saturated heterocycles. The monoisotopic (exact) mass is 448 g/mol. The van der Waals surface area contributed by atoms with Crippen LogP contribution in [0.1, 0.15) is 63.5 Å². The number of benzene rings is 1. The molecule has 3 saturated carbocycles. The average molecular weight is 449 g/mol. The van der Waals surface area contributed by atoms with Crippen molar-refractivity contribution < 1.29 is 9.59 Å². The zero-order chi connectivity index (χ0) is 22.7. The summed E-state index contributed by atoms with van der Waals surface area (Å²) >= 11 is 6.49. The molecule has 0 radical (unpaired) electrons. The molecule has 0 amide bonds. The maximum atomic E-state index is 13.3. The van der Waals surface area contributed by atoms with E-state index in [2.05, 4.69) is 51.1 Å². The number of hydrogen-bond acceptors (Lipinski definition) is 2. The Morgan fingerprint density at radius 1 is 1.06 bits per heavy atom. The lowest BCUT2D eigenvalue weighted by Gasteiger charge is -2.57. The van der Waals surface area contributed by atoms with Crippen LogP contribution >= 0.6 is 11.6 Å². The van der Waals surface area contributed by atoms with Gasteiger partial charge in [-0.3, -0.25) is 9.59 Å². The third kappa shape index (κ3) is 3.29. The van der Waals surface area contributed by atoms with Crippen LogP contribution in [0.4, 0.5) is 0 Å². The second-order valence-electron chi connectivity index (χ2n) is 11.0. The van der Waals surface area contributed by atoms with Crippen LogP contribution in [0.15, 0.2) is 53.1 Å². The van der Waals surface area contributed by atoms with Gasteiger partial charge in [-0.1, -0.05) is 67.4 Å². The number of rotatable bonds is 3. The second kappa shape index (κ2) is 7.83. The first-order valence-electron chi connectivity index (χ1n) is 12.2. The summed E-state index contributed by atoms with van der Waals surface area (Å²) in [5.74, 6) is 2.06. The maximum absolute atomic E-state index is 13.3. The summed E-state index contributed by atoms with van der Waals surface area (Å²) in [4.78, 5) is 25.5. The van der Waals surface area contributed by atoms with E-state index in [-0.39, 0.29) is 22.5 Å². The van der Waals surface area contributed by atoms with E-state index in [1.807, 2.05) is 12.2 Å². The molecule has 32 heavy (non-hydrogen) atoms. The van der Waals surface area contributed by atoms with E-state index in [0.29, 0.717) is 28.6 Å². The second-order valence-corrected chi connectivity index (χ2v) is 11.4. The number of halogens is 1. The number of fused-ring (bicyclic) bond motifs is 5. The molecule has 4 aliphatic rings. The van der Waals surface area contributed by atoms with Crippen LogP contribution in [-0.4, -0.2) is 11.6 Å². The molecule has 6 atom stereocenters. The molecule has 0 aliphatic heterocycles. The molecule has 0 heterocycles. The van der Waals surface area contributed by atoms with Crippen molar-refractivity contribution in [2.24, 2.45) is 34.5 Å². The molecule has 0 bridgehead atoms. The minimum absolute atomic E-state index is 0.0369. The highest BCUT2D eigenvalue weighted by Crippen LogP contribution is 2.66. The van der Waals surface area contributed by atoms with Crippen molar-refractivity contribution in [2.45, 2.75) is 59.3 Å². The quantitative estimate of drug-likeness (QED) is 0.463. The zero-order valence-corrected chi connectivity index (χ0v) is 20.1. The standard InChI is InChI=1S/C29H33ClO2/c1-18-4-6-19(7-5-18)8-13-25(31)23-12-11-21-20-9-10-24-27(30)26(32)15-17-29(24,3)22(20)14-16-28(21,23)2/h4-8,13,15,17,20-23H,9-12,14,16H2,1-3H3/b13-8+/t20-,21-,22-,23+,28-,29+/m0/s1. The number of carbonyl (C=O) groups excluding carboxylic acids is 2. The average Bonchev–Trinajstić information content (AvgIpc) is 3.13. The summed E-state index contributed by atoms with van der Waals surface area (Å²) in [6.07, 6.45) is 14.0. The lowest BCUT2D eigenvalue weighted by Crippen LogP contribution is -2.50. The first-order valence-corrected chi connectivity index (χ1v) is 12.5. The number of carbonyl (C=O) groups is 2. The summed E-state index contributed by atoms with van der Waals surface area (Å²) < 4.78 is 0. The maximum Gasteiger partial charge on any atom is 0.196 e. The van der Waals surface area contributed by atoms with Crippen LogP contribution in [0.2, 0.25) is 0 Å². The van der Waals surface area contributed by atoms with E-state index >= 15 is 0 Å². The van der Waals surface area contributed by atoms with Crippen molar-refractivity contribution in [2.75, 3.05) is 0 Å². The summed E-state index contributed by atoms with van der Waals surface area (Å²) in [7, 11) is 0. The molecule has 0 unspecified atom stereocenters. The van der Waals surface area contributed by atoms with Gasteiger partial charge in [-0.2, -0.15) is 0 Å². The van der Waals surface area contributed by atoms with Crippen molar-refractivity contribution in [3.8, 4) is 0 Å². The third-order valence-electron chi connectivity index (χ3n) is 9.51. The first kappa shape index (κ1) is 21.9. The summed E-state index contributed by atoms with van der Waals surface area (Å²) in [5, 5.41) is 0.461. The molecular formula is C29H33ClO2. The van der Waals surface area contributed by atoms with E-state index < -0.39 is 0 Å². The van der Waals surface area contributed by atoms with Gasteiger partial charge in [-0.25, -0.2) is 0 Å². The van der Waals surface area contributed by atoms with Crippen LogP contribution in [0.3, 0.4) is 0 Å². The smallest absolute Gasteiger partial charge is 0.196 e. The van der Waals surface area contributed by atoms with Gasteiger partial charge in [0.15, 0.2) is 11.6 Å². The molecule has 0 N–H and O–H groups in total. The van der Waals surface area contributed by atoms with Crippen LogP contribution in [-0.2, 0) is 9.59 Å². The summed E-state index contributed by atoms with van der Waals surface area (Å²) in [6.45, 7) is 6.74. The fourth-order valence-electron chi connectivity index (χ4n) is 7.72. The van der Waals surface area contributed by atoms with Gasteiger partial charge in [0.05, 0.1) is 5.03 Å². The predicted molar refractivity (Wildman–Crippen MR) is 130 cm³/mol. The highest BCUT2D eigenvalue weighted by atomic mass is 35.5. The number of hydrogen-bond donors (Lipinski definition) is 0. The number of allylic oxidation sites excluding steroid dienone is 5. The van der Waals surface area contributed by atoms with Crippen molar-refractivity contribution in [1.82, 2.24) is 0 Å². The third-order valence-corrected chi connectivity index (χ3v) is 9.92. The molecule has 168 valence electrons. The van der Waals surface area contributed by atoms with Gasteiger partial charge in [0.25, 0.3) is 0 Å². The minimum Gasteiger partial charge on any atom is -0.295 e. The van der Waals surface area contributed by atoms with Gasteiger partial charge in [0.2, 0.25) is 0 Å². The van der Waals surface area contributed by atoms with Gasteiger partial charge in [-0.05, 0) is 91.9 Å². The fourth-order valence-corrected chi connectivity index (χ4v) is 8.08. The molecule has 1 aromatic rings. The van der Waals surface area contributed by atoms with E-state index in [1.54, 1.807) is 6.08 Å².